The SMILES string of the molecule is CCCCCCCCCCCC(=O)OC(=O)CC(O)(CC(=O)O[SH](=O)=O)C(=O)O. The largest absolute Gasteiger partial charge is 0.479 e. The van der Waals surface area contributed by atoms with Crippen LogP contribution in [0.1, 0.15) is 84.0 Å². The molecule has 0 amide bonds. The molecule has 0 rings (SSSR count). The molecule has 11 heteroatoms. The third-order valence-electron chi connectivity index (χ3n) is 4.16. The lowest BCUT2D eigenvalue weighted by Crippen LogP contribution is -2.43. The molecule has 1 unspecified atom stereocenters. The number of ether oxygens (including phenoxy) is 1. The van der Waals surface area contributed by atoms with Crippen molar-refractivity contribution in [2.24, 2.45) is 0 Å². The van der Waals surface area contributed by atoms with Gasteiger partial charge in [0.1, 0.15) is 0 Å². The number of carbonyl (C=O) groups is 4. The Morgan fingerprint density at radius 2 is 1.28 bits per heavy atom. The van der Waals surface area contributed by atoms with E-state index in [0.717, 1.165) is 25.7 Å². The van der Waals surface area contributed by atoms with Gasteiger partial charge >= 0.3 is 34.9 Å². The van der Waals surface area contributed by atoms with Gasteiger partial charge in [-0.15, -0.1) is 0 Å². The molecule has 1 atom stereocenters. The van der Waals surface area contributed by atoms with Crippen LogP contribution in [0, 0.1) is 0 Å². The van der Waals surface area contributed by atoms with Crippen LogP contribution in [-0.4, -0.2) is 48.1 Å². The van der Waals surface area contributed by atoms with Gasteiger partial charge in [0.2, 0.25) is 0 Å². The Hall–Kier alpha value is -2.01. The van der Waals surface area contributed by atoms with E-state index in [1.807, 2.05) is 0 Å². The maximum absolute atomic E-state index is 11.7. The number of esters is 2. The number of rotatable bonds is 16. The highest BCUT2D eigenvalue weighted by Crippen LogP contribution is 2.18. The average molecular weight is 438 g/mol. The van der Waals surface area contributed by atoms with Crippen LogP contribution in [0.3, 0.4) is 0 Å². The third kappa shape index (κ3) is 13.7. The Kier molecular flexibility index (Phi) is 13.9. The number of carbonyl (C=O) groups excluding carboxylic acids is 3. The van der Waals surface area contributed by atoms with E-state index in [9.17, 15) is 32.7 Å². The highest BCUT2D eigenvalue weighted by atomic mass is 32.2. The molecule has 0 aromatic carbocycles. The first kappa shape index (κ1) is 27.0. The highest BCUT2D eigenvalue weighted by Gasteiger charge is 2.42. The van der Waals surface area contributed by atoms with Gasteiger partial charge in [0.15, 0.2) is 5.60 Å². The fourth-order valence-corrected chi connectivity index (χ4v) is 2.83. The van der Waals surface area contributed by atoms with Crippen molar-refractivity contribution in [3.8, 4) is 0 Å². The van der Waals surface area contributed by atoms with Gasteiger partial charge in [0.05, 0.1) is 12.8 Å². The number of hydrogen-bond donors (Lipinski definition) is 3. The number of hydrogen-bond acceptors (Lipinski definition) is 9. The summed E-state index contributed by atoms with van der Waals surface area (Å²) in [6, 6.07) is 0. The van der Waals surface area contributed by atoms with E-state index in [-0.39, 0.29) is 6.42 Å². The van der Waals surface area contributed by atoms with Crippen LogP contribution in [-0.2, 0) is 39.1 Å². The van der Waals surface area contributed by atoms with E-state index >= 15 is 0 Å². The topological polar surface area (TPSA) is 161 Å². The standard InChI is InChI=1S/C18H30O10S/c1-2-3-4-5-6-7-8-9-10-11-14(19)27-15(20)12-18(24,17(22)23)13-16(21)28-29(25)26/h24,29H,2-13H2,1H3,(H,22,23). The summed E-state index contributed by atoms with van der Waals surface area (Å²) >= 11 is 0. The van der Waals surface area contributed by atoms with Gasteiger partial charge in [-0.2, -0.15) is 8.42 Å². The molecule has 0 aliphatic carbocycles. The normalized spacial score (nSPS) is 12.9. The van der Waals surface area contributed by atoms with E-state index in [1.165, 1.54) is 25.7 Å². The lowest BCUT2D eigenvalue weighted by atomic mass is 9.96. The Bertz CT molecular complexity index is 620. The molecule has 0 aromatic rings. The monoisotopic (exact) mass is 438 g/mol. The molecule has 0 aliphatic rings. The van der Waals surface area contributed by atoms with Gasteiger partial charge in [-0.25, -0.2) is 4.79 Å². The summed E-state index contributed by atoms with van der Waals surface area (Å²) < 4.78 is 28.8. The molecule has 10 nitrogen and oxygen atoms in total. The molecule has 2 N–H and O–H groups in total. The van der Waals surface area contributed by atoms with Crippen molar-refractivity contribution in [1.29, 1.82) is 0 Å². The summed E-state index contributed by atoms with van der Waals surface area (Å²) in [5.74, 6) is -5.72. The van der Waals surface area contributed by atoms with Crippen molar-refractivity contribution in [2.45, 2.75) is 89.6 Å². The van der Waals surface area contributed by atoms with Gasteiger partial charge in [-0.3, -0.25) is 14.4 Å². The number of carboxylic acids is 1. The Morgan fingerprint density at radius 1 is 0.793 bits per heavy atom. The number of unbranched alkanes of at least 4 members (excludes halogenated alkanes) is 8. The van der Waals surface area contributed by atoms with Crippen LogP contribution in [0.4, 0.5) is 0 Å². The summed E-state index contributed by atoms with van der Waals surface area (Å²) in [5, 5.41) is 18.9. The lowest BCUT2D eigenvalue weighted by Gasteiger charge is -2.20. The third-order valence-corrected chi connectivity index (χ3v) is 4.51. The first-order valence-corrected chi connectivity index (χ1v) is 10.7. The lowest BCUT2D eigenvalue weighted by molar-refractivity contribution is -0.174. The summed E-state index contributed by atoms with van der Waals surface area (Å²) in [6.07, 6.45) is 6.74. The Morgan fingerprint density at radius 3 is 1.76 bits per heavy atom. The van der Waals surface area contributed by atoms with Crippen molar-refractivity contribution in [2.75, 3.05) is 0 Å². The van der Waals surface area contributed by atoms with E-state index < -0.39 is 53.3 Å². The van der Waals surface area contributed by atoms with Crippen LogP contribution >= 0.6 is 0 Å². The molecule has 0 spiro atoms. The van der Waals surface area contributed by atoms with Crippen LogP contribution in [0.15, 0.2) is 0 Å². The minimum Gasteiger partial charge on any atom is -0.479 e. The number of carboxylic acid groups (broad SMARTS) is 1. The zero-order valence-electron chi connectivity index (χ0n) is 16.6. The van der Waals surface area contributed by atoms with E-state index in [2.05, 4.69) is 15.8 Å². The molecule has 0 radical (unpaired) electrons. The molecular formula is C18H30O10S. The maximum Gasteiger partial charge on any atom is 0.336 e. The summed E-state index contributed by atoms with van der Waals surface area (Å²) in [7, 11) is -3.59. The van der Waals surface area contributed by atoms with Gasteiger partial charge < -0.3 is 19.1 Å². The van der Waals surface area contributed by atoms with Crippen molar-refractivity contribution in [1.82, 2.24) is 0 Å². The van der Waals surface area contributed by atoms with E-state index in [1.54, 1.807) is 0 Å². The zero-order chi connectivity index (χ0) is 22.3. The predicted molar refractivity (Wildman–Crippen MR) is 101 cm³/mol. The fourth-order valence-electron chi connectivity index (χ4n) is 2.60. The maximum atomic E-state index is 11.7. The minimum atomic E-state index is -3.59. The van der Waals surface area contributed by atoms with Crippen molar-refractivity contribution in [3.05, 3.63) is 0 Å². The second-order valence-corrected chi connectivity index (χ2v) is 7.43. The summed E-state index contributed by atoms with van der Waals surface area (Å²) in [4.78, 5) is 45.7. The molecule has 0 aromatic heterocycles. The quantitative estimate of drug-likeness (QED) is 0.140. The predicted octanol–water partition coefficient (Wildman–Crippen LogP) is 1.64. The zero-order valence-corrected chi connectivity index (χ0v) is 17.5. The first-order chi connectivity index (χ1) is 13.6. The Balaban J connectivity index is 4.20. The van der Waals surface area contributed by atoms with Gasteiger partial charge in [0.25, 0.3) is 0 Å². The second kappa shape index (κ2) is 14.9. The fraction of sp³-hybridized carbons (Fsp3) is 0.778. The molecule has 168 valence electrons. The molecule has 0 aliphatic heterocycles. The minimum absolute atomic E-state index is 0.0359. The molecule has 29 heavy (non-hydrogen) atoms. The van der Waals surface area contributed by atoms with Crippen molar-refractivity contribution in [3.63, 3.8) is 0 Å². The number of aliphatic hydroxyl groups is 1. The number of thiol groups is 1. The molecule has 0 saturated heterocycles. The second-order valence-electron chi connectivity index (χ2n) is 6.80. The summed E-state index contributed by atoms with van der Waals surface area (Å²) in [5.41, 5.74) is -2.95. The van der Waals surface area contributed by atoms with Crippen LogP contribution in [0.2, 0.25) is 0 Å². The molecule has 0 saturated carbocycles. The van der Waals surface area contributed by atoms with Crippen molar-refractivity contribution < 1.29 is 46.7 Å². The molecule has 0 heterocycles. The van der Waals surface area contributed by atoms with Crippen LogP contribution in [0.25, 0.3) is 0 Å². The number of aliphatic carboxylic acids is 1. The van der Waals surface area contributed by atoms with E-state index in [4.69, 9.17) is 5.11 Å². The van der Waals surface area contributed by atoms with E-state index in [0.29, 0.717) is 6.42 Å². The summed E-state index contributed by atoms with van der Waals surface area (Å²) in [6.45, 7) is 2.15. The van der Waals surface area contributed by atoms with Crippen molar-refractivity contribution >= 4 is 34.9 Å². The Labute approximate surface area is 171 Å². The van der Waals surface area contributed by atoms with Crippen LogP contribution in [0.5, 0.6) is 0 Å². The van der Waals surface area contributed by atoms with Crippen LogP contribution < -0.4 is 0 Å². The van der Waals surface area contributed by atoms with Gasteiger partial charge in [0, 0.05) is 6.42 Å². The van der Waals surface area contributed by atoms with Gasteiger partial charge in [-0.05, 0) is 6.42 Å². The first-order valence-electron chi connectivity index (χ1n) is 9.65. The average Bonchev–Trinajstić information content (AvgIpc) is 2.58. The highest BCUT2D eigenvalue weighted by molar-refractivity contribution is 7.67. The molecular weight excluding hydrogens is 408 g/mol. The smallest absolute Gasteiger partial charge is 0.336 e. The molecule has 0 fully saturated rings. The molecule has 0 bridgehead atoms. The van der Waals surface area contributed by atoms with Gasteiger partial charge in [-0.1, -0.05) is 58.3 Å².